The van der Waals surface area contributed by atoms with Gasteiger partial charge in [-0.1, -0.05) is 23.7 Å². The van der Waals surface area contributed by atoms with Gasteiger partial charge in [0.1, 0.15) is 11.8 Å². The van der Waals surface area contributed by atoms with Gasteiger partial charge in [0.05, 0.1) is 5.02 Å². The predicted molar refractivity (Wildman–Crippen MR) is 82.4 cm³/mol. The van der Waals surface area contributed by atoms with Crippen LogP contribution in [0.5, 0.6) is 0 Å². The second-order valence-electron chi connectivity index (χ2n) is 4.07. The molecule has 3 rings (SSSR count). The van der Waals surface area contributed by atoms with E-state index in [-0.39, 0.29) is 6.04 Å². The van der Waals surface area contributed by atoms with Crippen molar-refractivity contribution in [1.82, 2.24) is 5.43 Å². The zero-order chi connectivity index (χ0) is 13.4. The van der Waals surface area contributed by atoms with E-state index in [0.29, 0.717) is 10.6 Å². The predicted octanol–water partition coefficient (Wildman–Crippen LogP) is 4.46. The van der Waals surface area contributed by atoms with Gasteiger partial charge < -0.3 is 4.42 Å². The van der Waals surface area contributed by atoms with Crippen LogP contribution in [-0.4, -0.2) is 0 Å². The van der Waals surface area contributed by atoms with Gasteiger partial charge in [-0.15, -0.1) is 11.3 Å². The first-order valence-corrected chi connectivity index (χ1v) is 7.62. The highest BCUT2D eigenvalue weighted by Gasteiger charge is 2.19. The maximum atomic E-state index is 6.12. The molecule has 0 aliphatic heterocycles. The second kappa shape index (κ2) is 5.26. The molecular weight excluding hydrogens is 348 g/mol. The number of hydrogen-bond donors (Lipinski definition) is 2. The minimum atomic E-state index is -0.181. The lowest BCUT2D eigenvalue weighted by atomic mass is 10.2. The molecule has 0 aliphatic rings. The Labute approximate surface area is 127 Å². The maximum absolute atomic E-state index is 6.12. The summed E-state index contributed by atoms with van der Waals surface area (Å²) < 4.78 is 6.86. The van der Waals surface area contributed by atoms with Gasteiger partial charge in [-0.25, -0.2) is 5.43 Å². The maximum Gasteiger partial charge on any atom is 0.152 e. The van der Waals surface area contributed by atoms with Crippen LogP contribution in [0, 0.1) is 0 Å². The molecule has 0 saturated carbocycles. The summed E-state index contributed by atoms with van der Waals surface area (Å²) in [5, 5.41) is 3.58. The van der Waals surface area contributed by atoms with Crippen LogP contribution in [0.1, 0.15) is 16.7 Å². The van der Waals surface area contributed by atoms with Crippen LogP contribution >= 0.6 is 38.9 Å². The molecule has 3 aromatic rings. The smallest absolute Gasteiger partial charge is 0.152 e. The Morgan fingerprint density at radius 1 is 1.37 bits per heavy atom. The molecule has 98 valence electrons. The molecule has 1 aromatic carbocycles. The zero-order valence-electron chi connectivity index (χ0n) is 9.69. The van der Waals surface area contributed by atoms with Gasteiger partial charge in [0.25, 0.3) is 0 Å². The molecule has 2 heterocycles. The van der Waals surface area contributed by atoms with Crippen molar-refractivity contribution in [2.75, 3.05) is 0 Å². The highest BCUT2D eigenvalue weighted by molar-refractivity contribution is 9.10. The zero-order valence-corrected chi connectivity index (χ0v) is 12.8. The van der Waals surface area contributed by atoms with Crippen molar-refractivity contribution in [2.24, 2.45) is 5.84 Å². The van der Waals surface area contributed by atoms with E-state index in [1.54, 1.807) is 11.3 Å². The second-order valence-corrected chi connectivity index (χ2v) is 6.34. The molecule has 6 heteroatoms. The number of nitrogens with one attached hydrogen (secondary N) is 1. The number of nitrogens with two attached hydrogens (primary N) is 1. The van der Waals surface area contributed by atoms with Crippen LogP contribution in [-0.2, 0) is 0 Å². The van der Waals surface area contributed by atoms with E-state index in [4.69, 9.17) is 21.9 Å². The average Bonchev–Trinajstić information content (AvgIpc) is 2.98. The van der Waals surface area contributed by atoms with Crippen molar-refractivity contribution in [3.05, 3.63) is 55.8 Å². The normalized spacial score (nSPS) is 13.0. The van der Waals surface area contributed by atoms with Gasteiger partial charge in [-0.3, -0.25) is 5.84 Å². The van der Waals surface area contributed by atoms with E-state index in [2.05, 4.69) is 21.4 Å². The average molecular weight is 358 g/mol. The third kappa shape index (κ3) is 2.44. The summed E-state index contributed by atoms with van der Waals surface area (Å²) in [5.41, 5.74) is 3.47. The Balaban J connectivity index is 2.09. The van der Waals surface area contributed by atoms with Crippen molar-refractivity contribution in [3.8, 4) is 0 Å². The minimum absolute atomic E-state index is 0.181. The summed E-state index contributed by atoms with van der Waals surface area (Å²) in [6.45, 7) is 0. The number of fused-ring (bicyclic) bond motifs is 1. The number of hydrogen-bond acceptors (Lipinski definition) is 4. The molecule has 19 heavy (non-hydrogen) atoms. The molecule has 0 aliphatic carbocycles. The first kappa shape index (κ1) is 13.1. The molecule has 0 spiro atoms. The van der Waals surface area contributed by atoms with Crippen molar-refractivity contribution in [1.29, 1.82) is 0 Å². The molecule has 2 aromatic heterocycles. The number of halogens is 2. The van der Waals surface area contributed by atoms with Crippen LogP contribution in [0.4, 0.5) is 0 Å². The van der Waals surface area contributed by atoms with Gasteiger partial charge in [-0.05, 0) is 34.1 Å². The molecule has 0 saturated heterocycles. The Bertz CT molecular complexity index is 724. The van der Waals surface area contributed by atoms with Gasteiger partial charge >= 0.3 is 0 Å². The summed E-state index contributed by atoms with van der Waals surface area (Å²) >= 11 is 11.2. The fraction of sp³-hybridized carbons (Fsp3) is 0.0769. The van der Waals surface area contributed by atoms with E-state index < -0.39 is 0 Å². The van der Waals surface area contributed by atoms with E-state index in [1.165, 1.54) is 0 Å². The van der Waals surface area contributed by atoms with Gasteiger partial charge in [0.15, 0.2) is 5.58 Å². The molecule has 1 unspecified atom stereocenters. The highest BCUT2D eigenvalue weighted by Crippen LogP contribution is 2.34. The lowest BCUT2D eigenvalue weighted by Gasteiger charge is -2.10. The number of benzene rings is 1. The summed E-state index contributed by atoms with van der Waals surface area (Å²) in [7, 11) is 0. The number of hydrazine groups is 1. The molecule has 1 atom stereocenters. The number of rotatable bonds is 3. The summed E-state index contributed by atoms with van der Waals surface area (Å²) in [4.78, 5) is 1.07. The summed E-state index contributed by atoms with van der Waals surface area (Å²) in [5.74, 6) is 6.40. The van der Waals surface area contributed by atoms with Crippen molar-refractivity contribution in [3.63, 3.8) is 0 Å². The Morgan fingerprint density at radius 2 is 2.21 bits per heavy atom. The van der Waals surface area contributed by atoms with Gasteiger partial charge in [0.2, 0.25) is 0 Å². The largest absolute Gasteiger partial charge is 0.457 e. The Hall–Kier alpha value is -0.850. The third-order valence-corrected chi connectivity index (χ3v) is 4.89. The van der Waals surface area contributed by atoms with Crippen LogP contribution in [0.25, 0.3) is 11.0 Å². The molecular formula is C13H10BrClN2OS. The van der Waals surface area contributed by atoms with Crippen molar-refractivity contribution >= 4 is 49.8 Å². The fourth-order valence-corrected chi connectivity index (χ4v) is 3.70. The molecule has 0 fully saturated rings. The van der Waals surface area contributed by atoms with Gasteiger partial charge in [0, 0.05) is 20.1 Å². The quantitative estimate of drug-likeness (QED) is 0.537. The Morgan fingerprint density at radius 3 is 2.84 bits per heavy atom. The van der Waals surface area contributed by atoms with Gasteiger partial charge in [-0.2, -0.15) is 0 Å². The summed E-state index contributed by atoms with van der Waals surface area (Å²) in [6, 6.07) is 9.47. The summed E-state index contributed by atoms with van der Waals surface area (Å²) in [6.07, 6.45) is 0. The van der Waals surface area contributed by atoms with E-state index in [1.807, 2.05) is 35.7 Å². The van der Waals surface area contributed by atoms with Crippen LogP contribution in [0.15, 0.2) is 44.6 Å². The molecule has 3 nitrogen and oxygen atoms in total. The van der Waals surface area contributed by atoms with E-state index in [0.717, 1.165) is 20.5 Å². The Kier molecular flexibility index (Phi) is 3.64. The first-order valence-electron chi connectivity index (χ1n) is 5.57. The van der Waals surface area contributed by atoms with Crippen LogP contribution < -0.4 is 11.3 Å². The van der Waals surface area contributed by atoms with Crippen molar-refractivity contribution < 1.29 is 4.42 Å². The highest BCUT2D eigenvalue weighted by atomic mass is 79.9. The van der Waals surface area contributed by atoms with Crippen LogP contribution in [0.2, 0.25) is 5.02 Å². The first-order chi connectivity index (χ1) is 9.19. The monoisotopic (exact) mass is 356 g/mol. The molecule has 0 radical (unpaired) electrons. The number of para-hydroxylation sites is 1. The molecule has 0 amide bonds. The topological polar surface area (TPSA) is 51.2 Å². The third-order valence-electron chi connectivity index (χ3n) is 2.84. The fourth-order valence-electron chi connectivity index (χ4n) is 1.97. The van der Waals surface area contributed by atoms with Crippen LogP contribution in [0.3, 0.4) is 0 Å². The standard InChI is InChI=1S/C13H10BrClN2OS/c14-8-5-11(19-6-8)12(17-16)10-4-7-2-1-3-9(15)13(7)18-10/h1-6,12,17H,16H2. The van der Waals surface area contributed by atoms with E-state index in [9.17, 15) is 0 Å². The molecule has 3 N–H and O–H groups in total. The van der Waals surface area contributed by atoms with Crippen molar-refractivity contribution in [2.45, 2.75) is 6.04 Å². The molecule has 0 bridgehead atoms. The minimum Gasteiger partial charge on any atom is -0.457 e. The SMILES string of the molecule is NNC(c1cc2cccc(Cl)c2o1)c1cc(Br)cs1. The lowest BCUT2D eigenvalue weighted by Crippen LogP contribution is -2.27. The number of thiophene rings is 1. The number of furan rings is 1. The lowest BCUT2D eigenvalue weighted by molar-refractivity contribution is 0.481. The van der Waals surface area contributed by atoms with E-state index >= 15 is 0 Å².